The zero-order valence-electron chi connectivity index (χ0n) is 12.2. The second-order valence-corrected chi connectivity index (χ2v) is 7.37. The van der Waals surface area contributed by atoms with Crippen molar-refractivity contribution in [3.05, 3.63) is 0 Å². The molecule has 4 fully saturated rings. The highest BCUT2D eigenvalue weighted by molar-refractivity contribution is 5.14. The lowest BCUT2D eigenvalue weighted by Crippen LogP contribution is -2.63. The molecule has 4 aliphatic rings. The predicted molar refractivity (Wildman–Crippen MR) is 72.4 cm³/mol. The average Bonchev–Trinajstić information content (AvgIpc) is 2.36. The van der Waals surface area contributed by atoms with E-state index in [2.05, 4.69) is 13.8 Å². The van der Waals surface area contributed by atoms with E-state index >= 15 is 0 Å². The monoisotopic (exact) mass is 252 g/mol. The maximum Gasteiger partial charge on any atom is 0.0699 e. The summed E-state index contributed by atoms with van der Waals surface area (Å²) in [6, 6.07) is 0. The van der Waals surface area contributed by atoms with Crippen LogP contribution in [-0.2, 0) is 4.74 Å². The lowest BCUT2D eigenvalue weighted by atomic mass is 9.43. The van der Waals surface area contributed by atoms with E-state index in [1.807, 2.05) is 7.11 Å². The summed E-state index contributed by atoms with van der Waals surface area (Å²) >= 11 is 0. The number of methoxy groups -OCH3 is 1. The van der Waals surface area contributed by atoms with E-state index in [1.165, 1.54) is 32.1 Å². The summed E-state index contributed by atoms with van der Waals surface area (Å²) in [6.07, 6.45) is 9.24. The SMILES string of the molecule is CCC(O)(CC)C12CC3CC(CC(OC)(C3)C1)C2. The van der Waals surface area contributed by atoms with Gasteiger partial charge in [-0.2, -0.15) is 0 Å². The minimum Gasteiger partial charge on any atom is -0.389 e. The van der Waals surface area contributed by atoms with Crippen molar-refractivity contribution in [2.45, 2.75) is 76.4 Å². The van der Waals surface area contributed by atoms with Gasteiger partial charge < -0.3 is 9.84 Å². The third kappa shape index (κ3) is 1.54. The molecular weight excluding hydrogens is 224 g/mol. The predicted octanol–water partition coefficient (Wildman–Crippen LogP) is 3.52. The highest BCUT2D eigenvalue weighted by Crippen LogP contribution is 2.66. The molecule has 0 radical (unpaired) electrons. The van der Waals surface area contributed by atoms with Gasteiger partial charge in [-0.25, -0.2) is 0 Å². The topological polar surface area (TPSA) is 29.5 Å². The fourth-order valence-electron chi connectivity index (χ4n) is 5.96. The fraction of sp³-hybridized carbons (Fsp3) is 1.00. The summed E-state index contributed by atoms with van der Waals surface area (Å²) in [4.78, 5) is 0. The van der Waals surface area contributed by atoms with Gasteiger partial charge in [-0.3, -0.25) is 0 Å². The zero-order valence-corrected chi connectivity index (χ0v) is 12.2. The Labute approximate surface area is 111 Å². The molecule has 1 N–H and O–H groups in total. The Morgan fingerprint density at radius 2 is 1.67 bits per heavy atom. The molecule has 0 spiro atoms. The summed E-state index contributed by atoms with van der Waals surface area (Å²) < 4.78 is 5.95. The van der Waals surface area contributed by atoms with Crippen LogP contribution in [0, 0.1) is 17.3 Å². The van der Waals surface area contributed by atoms with Crippen molar-refractivity contribution in [3.63, 3.8) is 0 Å². The molecule has 2 atom stereocenters. The molecule has 2 heteroatoms. The lowest BCUT2D eigenvalue weighted by molar-refractivity contribution is -0.239. The normalized spacial score (nSPS) is 46.7. The van der Waals surface area contributed by atoms with E-state index in [1.54, 1.807) is 0 Å². The first-order chi connectivity index (χ1) is 8.50. The van der Waals surface area contributed by atoms with Crippen molar-refractivity contribution >= 4 is 0 Å². The Bertz CT molecular complexity index is 318. The van der Waals surface area contributed by atoms with Crippen LogP contribution in [0.15, 0.2) is 0 Å². The van der Waals surface area contributed by atoms with Crippen LogP contribution in [0.5, 0.6) is 0 Å². The summed E-state index contributed by atoms with van der Waals surface area (Å²) in [5, 5.41) is 11.1. The molecule has 2 nitrogen and oxygen atoms in total. The van der Waals surface area contributed by atoms with Crippen LogP contribution in [0.1, 0.15) is 65.2 Å². The van der Waals surface area contributed by atoms with Gasteiger partial charge in [0.15, 0.2) is 0 Å². The molecule has 0 heterocycles. The Kier molecular flexibility index (Phi) is 2.84. The van der Waals surface area contributed by atoms with Crippen molar-refractivity contribution < 1.29 is 9.84 Å². The van der Waals surface area contributed by atoms with Crippen LogP contribution in [-0.4, -0.2) is 23.4 Å². The number of ether oxygens (including phenoxy) is 1. The van der Waals surface area contributed by atoms with Crippen molar-refractivity contribution in [3.8, 4) is 0 Å². The second-order valence-electron chi connectivity index (χ2n) is 7.37. The highest BCUT2D eigenvalue weighted by Gasteiger charge is 2.63. The fourth-order valence-corrected chi connectivity index (χ4v) is 5.96. The third-order valence-electron chi connectivity index (χ3n) is 6.60. The van der Waals surface area contributed by atoms with E-state index in [0.717, 1.165) is 31.1 Å². The number of aliphatic hydroxyl groups is 1. The molecule has 18 heavy (non-hydrogen) atoms. The first-order valence-corrected chi connectivity index (χ1v) is 7.78. The summed E-state index contributed by atoms with van der Waals surface area (Å²) in [5.41, 5.74) is -0.215. The van der Waals surface area contributed by atoms with Gasteiger partial charge in [0.05, 0.1) is 11.2 Å². The van der Waals surface area contributed by atoms with Crippen molar-refractivity contribution in [1.82, 2.24) is 0 Å². The Hall–Kier alpha value is -0.0800. The molecule has 4 rings (SSSR count). The molecule has 104 valence electrons. The number of hydrogen-bond donors (Lipinski definition) is 1. The molecule has 0 amide bonds. The second kappa shape index (κ2) is 3.96. The smallest absolute Gasteiger partial charge is 0.0699 e. The van der Waals surface area contributed by atoms with Gasteiger partial charge in [0.1, 0.15) is 0 Å². The van der Waals surface area contributed by atoms with Crippen LogP contribution >= 0.6 is 0 Å². The van der Waals surface area contributed by atoms with Crippen molar-refractivity contribution in [2.24, 2.45) is 17.3 Å². The van der Waals surface area contributed by atoms with E-state index in [-0.39, 0.29) is 11.0 Å². The molecule has 0 aliphatic heterocycles. The molecule has 4 saturated carbocycles. The first kappa shape index (κ1) is 12.9. The summed E-state index contributed by atoms with van der Waals surface area (Å²) in [7, 11) is 1.89. The standard InChI is InChI=1S/C16H28O2/c1-4-16(17,5-2)14-7-12-6-13(8-14)10-15(9-12,11-14)18-3/h12-13,17H,4-11H2,1-3H3. The summed E-state index contributed by atoms with van der Waals surface area (Å²) in [5.74, 6) is 1.60. The van der Waals surface area contributed by atoms with Gasteiger partial charge in [-0.1, -0.05) is 13.8 Å². The van der Waals surface area contributed by atoms with Crippen LogP contribution < -0.4 is 0 Å². The van der Waals surface area contributed by atoms with E-state index < -0.39 is 5.60 Å². The maximum absolute atomic E-state index is 11.1. The zero-order chi connectivity index (χ0) is 13.0. The first-order valence-electron chi connectivity index (χ1n) is 7.78. The van der Waals surface area contributed by atoms with Gasteiger partial charge >= 0.3 is 0 Å². The van der Waals surface area contributed by atoms with E-state index in [4.69, 9.17) is 4.74 Å². The molecule has 0 aromatic rings. The Morgan fingerprint density at radius 3 is 2.11 bits per heavy atom. The molecule has 0 aromatic carbocycles. The van der Waals surface area contributed by atoms with Crippen molar-refractivity contribution in [1.29, 1.82) is 0 Å². The van der Waals surface area contributed by atoms with Crippen molar-refractivity contribution in [2.75, 3.05) is 7.11 Å². The number of rotatable bonds is 4. The third-order valence-corrected chi connectivity index (χ3v) is 6.60. The van der Waals surface area contributed by atoms with E-state index in [9.17, 15) is 5.11 Å². The maximum atomic E-state index is 11.1. The minimum atomic E-state index is -0.464. The van der Waals surface area contributed by atoms with Crippen LogP contribution in [0.25, 0.3) is 0 Å². The molecule has 4 aliphatic carbocycles. The van der Waals surface area contributed by atoms with Crippen LogP contribution in [0.2, 0.25) is 0 Å². The average molecular weight is 252 g/mol. The quantitative estimate of drug-likeness (QED) is 0.829. The van der Waals surface area contributed by atoms with Gasteiger partial charge in [0.2, 0.25) is 0 Å². The number of hydrogen-bond acceptors (Lipinski definition) is 2. The van der Waals surface area contributed by atoms with Gasteiger partial charge in [-0.15, -0.1) is 0 Å². The summed E-state index contributed by atoms with van der Waals surface area (Å²) in [6.45, 7) is 4.31. The Morgan fingerprint density at radius 1 is 1.11 bits per heavy atom. The highest BCUT2D eigenvalue weighted by atomic mass is 16.5. The van der Waals surface area contributed by atoms with Gasteiger partial charge in [0, 0.05) is 12.5 Å². The van der Waals surface area contributed by atoms with Crippen LogP contribution in [0.3, 0.4) is 0 Å². The Balaban J connectivity index is 1.98. The minimum absolute atomic E-state index is 0.0996. The van der Waals surface area contributed by atoms with E-state index in [0.29, 0.717) is 0 Å². The van der Waals surface area contributed by atoms with Gasteiger partial charge in [-0.05, 0) is 63.2 Å². The molecule has 4 bridgehead atoms. The molecule has 0 aromatic heterocycles. The largest absolute Gasteiger partial charge is 0.389 e. The molecule has 2 unspecified atom stereocenters. The molecule has 0 saturated heterocycles. The van der Waals surface area contributed by atoms with Gasteiger partial charge in [0.25, 0.3) is 0 Å². The lowest BCUT2D eigenvalue weighted by Gasteiger charge is -2.65. The molecular formula is C16H28O2. The van der Waals surface area contributed by atoms with Crippen LogP contribution in [0.4, 0.5) is 0 Å².